The summed E-state index contributed by atoms with van der Waals surface area (Å²) in [6.45, 7) is 22.0. The van der Waals surface area contributed by atoms with Gasteiger partial charge in [0.05, 0.1) is 51.4 Å². The fraction of sp³-hybridized carbons (Fsp3) is 0.859. The highest BCUT2D eigenvalue weighted by Crippen LogP contribution is 2.54. The van der Waals surface area contributed by atoms with E-state index in [0.29, 0.717) is 68.1 Å². The molecule has 8 heterocycles. The Bertz CT molecular complexity index is 2770. The van der Waals surface area contributed by atoms with Crippen molar-refractivity contribution in [2.24, 2.45) is 80.8 Å². The third kappa shape index (κ3) is 17.3. The van der Waals surface area contributed by atoms with E-state index >= 15 is 0 Å². The van der Waals surface area contributed by atoms with Crippen LogP contribution in [-0.2, 0) is 105 Å². The molecule has 8 saturated heterocycles. The maximum Gasteiger partial charge on any atom is 0.344 e. The van der Waals surface area contributed by atoms with E-state index in [0.717, 1.165) is 103 Å². The van der Waals surface area contributed by atoms with Crippen molar-refractivity contribution in [1.29, 1.82) is 0 Å². The number of ether oxygens (including phenoxy) is 12. The molecule has 0 aromatic heterocycles. The summed E-state index contributed by atoms with van der Waals surface area (Å²) in [6.07, 6.45) is 16.9. The minimum absolute atomic E-state index is 0.00435. The first-order valence-electron chi connectivity index (χ1n) is 34.9. The number of hydrogen-bond acceptors (Lipinski definition) is 22. The first-order valence-corrected chi connectivity index (χ1v) is 34.9. The van der Waals surface area contributed by atoms with Gasteiger partial charge in [-0.2, -0.15) is 0 Å². The van der Waals surface area contributed by atoms with Gasteiger partial charge in [-0.3, -0.25) is 38.4 Å². The van der Waals surface area contributed by atoms with Crippen molar-refractivity contribution in [2.45, 2.75) is 272 Å². The Morgan fingerprint density at radius 3 is 1.28 bits per heavy atom. The van der Waals surface area contributed by atoms with Crippen LogP contribution in [0.2, 0.25) is 0 Å². The molecule has 18 unspecified atom stereocenters. The third-order valence-electron chi connectivity index (χ3n) is 23.2. The van der Waals surface area contributed by atoms with E-state index in [1.165, 1.54) is 0 Å². The standard InChI is InChI=1S/C20H30O7.C18H26O6.C17H26O5.C16H24O4/c1-4-20(2,3)19(23)25-6-5-24-16(21)11-26-17-13-7-12-8-14(10-13)18(22)27-15(17)9-12;1-4-17(2,3)16(21)22-10-14(19)24-18-7-11-5-12(8-18)15(20)23-13(6-11)9-18;1-4-17(2,3)16(19)21-9-20-14-11-5-10-6-12(8-11)15(18)22-13(14)7-10;1-4-15(2,3)14(18)20-16-7-10-5-11(8-16)13(17)19-12(6-10)9-16/h12-15,17H,4-11H2,1-3H3;11-13H,4-10H2,1-3H3;10-14H,4-9H2,1-3H3;10-12H,4-9H2,1-3H3. The zero-order chi connectivity index (χ0) is 67.6. The molecule has 16 aliphatic rings. The maximum absolute atomic E-state index is 12.4. The van der Waals surface area contributed by atoms with Crippen LogP contribution in [-0.4, -0.2) is 141 Å². The highest BCUT2D eigenvalue weighted by atomic mass is 16.7. The topological polar surface area (TPSA) is 281 Å². The van der Waals surface area contributed by atoms with Crippen LogP contribution in [0.1, 0.15) is 224 Å². The Morgan fingerprint density at radius 2 is 0.796 bits per heavy atom. The lowest BCUT2D eigenvalue weighted by atomic mass is 9.65. The van der Waals surface area contributed by atoms with Gasteiger partial charge in [0.15, 0.2) is 13.4 Å². The molecule has 22 heteroatoms. The van der Waals surface area contributed by atoms with Gasteiger partial charge in [-0.1, -0.05) is 27.7 Å². The van der Waals surface area contributed by atoms with E-state index in [4.69, 9.17) is 56.8 Å². The summed E-state index contributed by atoms with van der Waals surface area (Å²) >= 11 is 0. The van der Waals surface area contributed by atoms with Crippen LogP contribution in [0.25, 0.3) is 0 Å². The summed E-state index contributed by atoms with van der Waals surface area (Å²) in [6, 6.07) is 0. The number of carbonyl (C=O) groups is 10. The van der Waals surface area contributed by atoms with Crippen LogP contribution in [0, 0.1) is 80.8 Å². The number of carbonyl (C=O) groups excluding carboxylic acids is 10. The second-order valence-corrected chi connectivity index (χ2v) is 32.0. The number of rotatable bonds is 21. The van der Waals surface area contributed by atoms with E-state index in [-0.39, 0.29) is 141 Å². The molecule has 8 aliphatic heterocycles. The molecule has 8 saturated carbocycles. The lowest BCUT2D eigenvalue weighted by molar-refractivity contribution is -0.190. The summed E-state index contributed by atoms with van der Waals surface area (Å²) in [5.41, 5.74) is -3.18. The largest absolute Gasteiger partial charge is 0.462 e. The fourth-order valence-corrected chi connectivity index (χ4v) is 16.6. The maximum atomic E-state index is 12.4. The van der Waals surface area contributed by atoms with Crippen LogP contribution in [0.3, 0.4) is 0 Å². The summed E-state index contributed by atoms with van der Waals surface area (Å²) < 4.78 is 66.1. The molecule has 0 amide bonds. The molecule has 0 N–H and O–H groups in total. The number of esters is 10. The van der Waals surface area contributed by atoms with Crippen molar-refractivity contribution in [3.05, 3.63) is 0 Å². The van der Waals surface area contributed by atoms with E-state index in [2.05, 4.69) is 0 Å². The second kappa shape index (κ2) is 29.1. The Hall–Kier alpha value is -5.38. The van der Waals surface area contributed by atoms with Crippen molar-refractivity contribution in [3.8, 4) is 0 Å². The predicted octanol–water partition coefficient (Wildman–Crippen LogP) is 10.1. The van der Waals surface area contributed by atoms with E-state index in [1.807, 2.05) is 69.2 Å². The highest BCUT2D eigenvalue weighted by Gasteiger charge is 2.58. The Labute approximate surface area is 548 Å². The molecule has 18 atom stereocenters. The smallest absolute Gasteiger partial charge is 0.344 e. The van der Waals surface area contributed by atoms with E-state index < -0.39 is 50.8 Å². The molecule has 16 fully saturated rings. The summed E-state index contributed by atoms with van der Waals surface area (Å²) in [7, 11) is 0. The molecule has 0 aromatic rings. The normalized spacial score (nSPS) is 35.4. The fourth-order valence-electron chi connectivity index (χ4n) is 16.6. The second-order valence-electron chi connectivity index (χ2n) is 32.0. The number of hydrogen-bond donors (Lipinski definition) is 0. The summed E-state index contributed by atoms with van der Waals surface area (Å²) in [4.78, 5) is 120. The Balaban J connectivity index is 0.000000147. The molecule has 0 radical (unpaired) electrons. The average Bonchev–Trinajstić information content (AvgIpc) is 1.72. The average molecular weight is 1310 g/mol. The molecule has 16 rings (SSSR count). The van der Waals surface area contributed by atoms with Gasteiger partial charge in [-0.15, -0.1) is 0 Å². The van der Waals surface area contributed by atoms with Crippen LogP contribution in [0.4, 0.5) is 0 Å². The quantitative estimate of drug-likeness (QED) is 0.0447. The van der Waals surface area contributed by atoms with Gasteiger partial charge in [0, 0.05) is 25.7 Å². The summed E-state index contributed by atoms with van der Waals surface area (Å²) in [5, 5.41) is 0. The molecular weight excluding hydrogens is 1200 g/mol. The zero-order valence-electron chi connectivity index (χ0n) is 57.3. The van der Waals surface area contributed by atoms with Gasteiger partial charge >= 0.3 is 59.7 Å². The lowest BCUT2D eigenvalue weighted by Gasteiger charge is -2.46. The van der Waals surface area contributed by atoms with Crippen molar-refractivity contribution in [3.63, 3.8) is 0 Å². The minimum Gasteiger partial charge on any atom is -0.462 e. The first-order chi connectivity index (χ1) is 43.8. The minimum atomic E-state index is -0.633. The molecule has 16 bridgehead atoms. The third-order valence-corrected chi connectivity index (χ3v) is 23.2. The van der Waals surface area contributed by atoms with Gasteiger partial charge < -0.3 is 56.8 Å². The van der Waals surface area contributed by atoms with Crippen molar-refractivity contribution >= 4 is 59.7 Å². The van der Waals surface area contributed by atoms with Crippen LogP contribution < -0.4 is 0 Å². The molecule has 93 heavy (non-hydrogen) atoms. The van der Waals surface area contributed by atoms with E-state index in [9.17, 15) is 47.9 Å². The Kier molecular flexibility index (Phi) is 22.5. The summed E-state index contributed by atoms with van der Waals surface area (Å²) in [5.74, 6) is -0.170. The predicted molar refractivity (Wildman–Crippen MR) is 330 cm³/mol. The molecular formula is C71H106O22. The molecule has 0 spiro atoms. The lowest BCUT2D eigenvalue weighted by Crippen LogP contribution is -2.49. The highest BCUT2D eigenvalue weighted by molar-refractivity contribution is 5.81. The van der Waals surface area contributed by atoms with Crippen molar-refractivity contribution in [1.82, 2.24) is 0 Å². The van der Waals surface area contributed by atoms with Gasteiger partial charge in [0.1, 0.15) is 61.5 Å². The van der Waals surface area contributed by atoms with Crippen molar-refractivity contribution < 1.29 is 105 Å². The molecule has 0 aromatic carbocycles. The SMILES string of the molecule is CCC(C)(C)C(=O)OC12CC3CC(C1)OC(=O)C(C3)C2.CCC(C)(C)C(=O)OCC(=O)OC12CC3CC(C1)OC(=O)C(C3)C2.CCC(C)(C)C(=O)OCCOC(=O)COC1C2CC3CC(C2)C(=O)OC1C3.CCC(C)(C)C(=O)OCOC1C2CC3CC(C2)C(=O)OC1C3. The molecule has 22 nitrogen and oxygen atoms in total. The van der Waals surface area contributed by atoms with Gasteiger partial charge in [-0.05, 0) is 206 Å². The van der Waals surface area contributed by atoms with Gasteiger partial charge in [-0.25, -0.2) is 9.59 Å². The monoisotopic (exact) mass is 1310 g/mol. The molecule has 522 valence electrons. The van der Waals surface area contributed by atoms with Crippen LogP contribution in [0.5, 0.6) is 0 Å². The van der Waals surface area contributed by atoms with Crippen LogP contribution >= 0.6 is 0 Å². The van der Waals surface area contributed by atoms with E-state index in [1.54, 1.807) is 13.8 Å². The number of fused-ring (bicyclic) bond motifs is 4. The van der Waals surface area contributed by atoms with Crippen LogP contribution in [0.15, 0.2) is 0 Å². The first kappa shape index (κ1) is 71.9. The van der Waals surface area contributed by atoms with Gasteiger partial charge in [0.25, 0.3) is 0 Å². The molecule has 8 aliphatic carbocycles. The van der Waals surface area contributed by atoms with Gasteiger partial charge in [0.2, 0.25) is 0 Å². The zero-order valence-corrected chi connectivity index (χ0v) is 57.3. The van der Waals surface area contributed by atoms with Crippen molar-refractivity contribution in [2.75, 3.05) is 33.2 Å². The Morgan fingerprint density at radius 1 is 0.387 bits per heavy atom.